The molecular formula is C15H19BrN2O. The molecule has 0 unspecified atom stereocenters. The number of methoxy groups -OCH3 is 1. The summed E-state index contributed by atoms with van der Waals surface area (Å²) in [6, 6.07) is 6.28. The smallest absolute Gasteiger partial charge is 0.120 e. The van der Waals surface area contributed by atoms with Gasteiger partial charge in [-0.1, -0.05) is 0 Å². The minimum Gasteiger partial charge on any atom is -0.497 e. The zero-order valence-electron chi connectivity index (χ0n) is 11.4. The van der Waals surface area contributed by atoms with Crippen molar-refractivity contribution in [3.8, 4) is 5.75 Å². The van der Waals surface area contributed by atoms with Crippen molar-refractivity contribution in [3.63, 3.8) is 0 Å². The van der Waals surface area contributed by atoms with E-state index in [0.717, 1.165) is 18.8 Å². The van der Waals surface area contributed by atoms with Gasteiger partial charge in [-0.05, 0) is 54.0 Å². The van der Waals surface area contributed by atoms with Gasteiger partial charge in [0.2, 0.25) is 0 Å². The third kappa shape index (κ3) is 2.17. The van der Waals surface area contributed by atoms with Crippen LogP contribution in [-0.2, 0) is 7.05 Å². The van der Waals surface area contributed by atoms with Crippen LogP contribution in [-0.4, -0.2) is 24.8 Å². The molecule has 0 atom stereocenters. The van der Waals surface area contributed by atoms with Gasteiger partial charge in [0, 0.05) is 34.6 Å². The van der Waals surface area contributed by atoms with E-state index in [-0.39, 0.29) is 0 Å². The number of piperidine rings is 1. The maximum absolute atomic E-state index is 5.33. The van der Waals surface area contributed by atoms with Gasteiger partial charge in [0.25, 0.3) is 0 Å². The van der Waals surface area contributed by atoms with Crippen molar-refractivity contribution in [1.29, 1.82) is 0 Å². The number of hydrogen-bond donors (Lipinski definition) is 1. The predicted molar refractivity (Wildman–Crippen MR) is 82.0 cm³/mol. The molecule has 2 heterocycles. The van der Waals surface area contributed by atoms with E-state index in [4.69, 9.17) is 4.74 Å². The monoisotopic (exact) mass is 322 g/mol. The van der Waals surface area contributed by atoms with Crippen molar-refractivity contribution in [2.75, 3.05) is 20.2 Å². The van der Waals surface area contributed by atoms with Gasteiger partial charge in [-0.15, -0.1) is 0 Å². The molecule has 4 heteroatoms. The molecule has 1 aromatic heterocycles. The molecule has 0 spiro atoms. The zero-order chi connectivity index (χ0) is 13.4. The molecule has 1 aliphatic heterocycles. The van der Waals surface area contributed by atoms with Crippen molar-refractivity contribution < 1.29 is 4.74 Å². The Morgan fingerprint density at radius 3 is 2.74 bits per heavy atom. The molecule has 3 rings (SSSR count). The van der Waals surface area contributed by atoms with Crippen LogP contribution in [0.15, 0.2) is 22.7 Å². The highest BCUT2D eigenvalue weighted by atomic mass is 79.9. The molecule has 1 aliphatic rings. The molecule has 0 saturated carbocycles. The van der Waals surface area contributed by atoms with Crippen LogP contribution in [0.5, 0.6) is 5.75 Å². The van der Waals surface area contributed by atoms with Crippen molar-refractivity contribution in [3.05, 3.63) is 28.4 Å². The van der Waals surface area contributed by atoms with Crippen LogP contribution >= 0.6 is 15.9 Å². The summed E-state index contributed by atoms with van der Waals surface area (Å²) in [5.74, 6) is 1.55. The Hall–Kier alpha value is -1.00. The number of aryl methyl sites for hydroxylation is 1. The van der Waals surface area contributed by atoms with E-state index in [1.807, 2.05) is 6.07 Å². The summed E-state index contributed by atoms with van der Waals surface area (Å²) in [5, 5.41) is 4.71. The van der Waals surface area contributed by atoms with Crippen LogP contribution in [0, 0.1) is 0 Å². The highest BCUT2D eigenvalue weighted by Gasteiger charge is 2.23. The Kier molecular flexibility index (Phi) is 3.54. The summed E-state index contributed by atoms with van der Waals surface area (Å²) >= 11 is 3.80. The molecule has 1 N–H and O–H groups in total. The summed E-state index contributed by atoms with van der Waals surface area (Å²) in [5.41, 5.74) is 2.66. The lowest BCUT2D eigenvalue weighted by Crippen LogP contribution is -2.27. The molecule has 0 aliphatic carbocycles. The van der Waals surface area contributed by atoms with Crippen LogP contribution in [0.4, 0.5) is 0 Å². The summed E-state index contributed by atoms with van der Waals surface area (Å²) < 4.78 is 8.90. The third-order valence-corrected chi connectivity index (χ3v) is 4.95. The lowest BCUT2D eigenvalue weighted by atomic mass is 9.94. The first-order valence-corrected chi connectivity index (χ1v) is 7.54. The molecule has 2 aromatic rings. The fraction of sp³-hybridized carbons (Fsp3) is 0.467. The first-order chi connectivity index (χ1) is 9.22. The standard InChI is InChI=1S/C15H19BrN2O/c1-18-13-9-11(19-2)3-4-12(13)14(16)15(18)10-5-7-17-8-6-10/h3-4,9-10,17H,5-8H2,1-2H3. The Balaban J connectivity index is 2.13. The predicted octanol–water partition coefficient (Wildman–Crippen LogP) is 3.42. The van der Waals surface area contributed by atoms with E-state index >= 15 is 0 Å². The summed E-state index contributed by atoms with van der Waals surface area (Å²) in [6.07, 6.45) is 2.42. The number of rotatable bonds is 2. The average Bonchev–Trinajstić information content (AvgIpc) is 2.71. The Labute approximate surface area is 122 Å². The van der Waals surface area contributed by atoms with E-state index in [9.17, 15) is 0 Å². The molecule has 1 fully saturated rings. The third-order valence-electron chi connectivity index (χ3n) is 4.11. The van der Waals surface area contributed by atoms with Crippen molar-refractivity contribution >= 4 is 26.8 Å². The number of nitrogens with one attached hydrogen (secondary N) is 1. The van der Waals surface area contributed by atoms with Gasteiger partial charge in [-0.2, -0.15) is 0 Å². The van der Waals surface area contributed by atoms with Gasteiger partial charge in [-0.25, -0.2) is 0 Å². The maximum Gasteiger partial charge on any atom is 0.120 e. The molecule has 1 aromatic carbocycles. The summed E-state index contributed by atoms with van der Waals surface area (Å²) in [7, 11) is 3.87. The lowest BCUT2D eigenvalue weighted by Gasteiger charge is -2.24. The highest BCUT2D eigenvalue weighted by molar-refractivity contribution is 9.10. The second-order valence-corrected chi connectivity index (χ2v) is 5.96. The van der Waals surface area contributed by atoms with E-state index in [2.05, 4.69) is 45.0 Å². The fourth-order valence-electron chi connectivity index (χ4n) is 3.06. The largest absolute Gasteiger partial charge is 0.497 e. The van der Waals surface area contributed by atoms with Gasteiger partial charge < -0.3 is 14.6 Å². The van der Waals surface area contributed by atoms with Gasteiger partial charge >= 0.3 is 0 Å². The Morgan fingerprint density at radius 1 is 1.32 bits per heavy atom. The number of nitrogens with zero attached hydrogens (tertiary/aromatic N) is 1. The van der Waals surface area contributed by atoms with E-state index in [1.54, 1.807) is 7.11 Å². The quantitative estimate of drug-likeness (QED) is 0.916. The average molecular weight is 323 g/mol. The number of halogens is 1. The molecule has 0 radical (unpaired) electrons. The summed E-state index contributed by atoms with van der Waals surface area (Å²) in [4.78, 5) is 0. The molecule has 1 saturated heterocycles. The minimum absolute atomic E-state index is 0.638. The van der Waals surface area contributed by atoms with Crippen LogP contribution in [0.2, 0.25) is 0 Å². The number of aromatic nitrogens is 1. The number of benzene rings is 1. The van der Waals surface area contributed by atoms with Gasteiger partial charge in [0.05, 0.1) is 12.6 Å². The highest BCUT2D eigenvalue weighted by Crippen LogP contribution is 2.39. The van der Waals surface area contributed by atoms with E-state index < -0.39 is 0 Å². The van der Waals surface area contributed by atoms with Crippen molar-refractivity contribution in [1.82, 2.24) is 9.88 Å². The van der Waals surface area contributed by atoms with Gasteiger partial charge in [-0.3, -0.25) is 0 Å². The molecule has 102 valence electrons. The Bertz CT molecular complexity index is 600. The SMILES string of the molecule is COc1ccc2c(Br)c(C3CCNCC3)n(C)c2c1. The molecule has 0 bridgehead atoms. The van der Waals surface area contributed by atoms with Crippen molar-refractivity contribution in [2.45, 2.75) is 18.8 Å². The van der Waals surface area contributed by atoms with Gasteiger partial charge in [0.1, 0.15) is 5.75 Å². The molecular weight excluding hydrogens is 304 g/mol. The van der Waals surface area contributed by atoms with Crippen LogP contribution in [0.25, 0.3) is 10.9 Å². The topological polar surface area (TPSA) is 26.2 Å². The fourth-order valence-corrected chi connectivity index (χ4v) is 3.99. The molecule has 3 nitrogen and oxygen atoms in total. The molecule has 19 heavy (non-hydrogen) atoms. The summed E-state index contributed by atoms with van der Waals surface area (Å²) in [6.45, 7) is 2.23. The first-order valence-electron chi connectivity index (χ1n) is 6.75. The second kappa shape index (κ2) is 5.17. The second-order valence-electron chi connectivity index (χ2n) is 5.17. The lowest BCUT2D eigenvalue weighted by molar-refractivity contribution is 0.415. The number of fused-ring (bicyclic) bond motifs is 1. The normalized spacial score (nSPS) is 17.0. The van der Waals surface area contributed by atoms with E-state index in [1.165, 1.54) is 33.9 Å². The molecule has 0 amide bonds. The zero-order valence-corrected chi connectivity index (χ0v) is 13.0. The van der Waals surface area contributed by atoms with Crippen LogP contribution in [0.1, 0.15) is 24.5 Å². The minimum atomic E-state index is 0.638. The van der Waals surface area contributed by atoms with Gasteiger partial charge in [0.15, 0.2) is 0 Å². The first kappa shape index (κ1) is 13.0. The van der Waals surface area contributed by atoms with Crippen molar-refractivity contribution in [2.24, 2.45) is 7.05 Å². The number of ether oxygens (including phenoxy) is 1. The van der Waals surface area contributed by atoms with E-state index in [0.29, 0.717) is 5.92 Å². The van der Waals surface area contributed by atoms with Crippen LogP contribution < -0.4 is 10.1 Å². The van der Waals surface area contributed by atoms with Crippen LogP contribution in [0.3, 0.4) is 0 Å². The number of hydrogen-bond acceptors (Lipinski definition) is 2. The Morgan fingerprint density at radius 2 is 2.05 bits per heavy atom. The maximum atomic E-state index is 5.33.